The largest absolute Gasteiger partial charge is 0.496 e. The molecule has 6 rings (SSSR count). The summed E-state index contributed by atoms with van der Waals surface area (Å²) in [6, 6.07) is 10.1. The third kappa shape index (κ3) is 4.18. The number of pyridine rings is 1. The first-order valence-electron chi connectivity index (χ1n) is 11.6. The molecule has 1 aromatic carbocycles. The Morgan fingerprint density at radius 3 is 2.75 bits per heavy atom. The van der Waals surface area contributed by atoms with Gasteiger partial charge in [-0.1, -0.05) is 12.1 Å². The normalized spacial score (nSPS) is 20.3. The summed E-state index contributed by atoms with van der Waals surface area (Å²) >= 11 is 1.35. The molecule has 4 aromatic rings. The third-order valence-electron chi connectivity index (χ3n) is 7.39. The number of benzene rings is 1. The maximum atomic E-state index is 13.3. The van der Waals surface area contributed by atoms with E-state index >= 15 is 0 Å². The number of rotatable bonds is 5. The van der Waals surface area contributed by atoms with Crippen LogP contribution in [-0.2, 0) is 13.0 Å². The first-order valence-corrected chi connectivity index (χ1v) is 12.4. The fourth-order valence-corrected chi connectivity index (χ4v) is 6.85. The SMILES string of the molecule is COc1ccc2sc3c(=O)n(CCC4NC[C@@H]5CCc6c(OC)cccc6[C@H]45)c(=O)[nH]c3c2n1.Cl.Cl. The minimum absolute atomic E-state index is 0. The van der Waals surface area contributed by atoms with Gasteiger partial charge < -0.3 is 19.8 Å². The number of nitrogens with one attached hydrogen (secondary N) is 2. The van der Waals surface area contributed by atoms with Gasteiger partial charge in [-0.15, -0.1) is 36.2 Å². The number of hydrogen-bond acceptors (Lipinski definition) is 7. The Bertz CT molecular complexity index is 1530. The molecule has 3 atom stereocenters. The standard InChI is InChI=1S/C25H26N4O4S.2ClH/c1-32-17-5-3-4-15-14(17)7-6-13-12-26-16(20(13)15)10-11-29-24(30)23-22(28-25(29)31)21-18(34-23)8-9-19(27-21)33-2;;/h3-5,8-9,13,16,20,26H,6-7,10-12H2,1-2H3,(H,28,31);2*1H/t13-,16?,20+;;/m0../s1. The summed E-state index contributed by atoms with van der Waals surface area (Å²) in [7, 11) is 3.27. The lowest BCUT2D eigenvalue weighted by Gasteiger charge is -2.32. The molecule has 0 amide bonds. The zero-order valence-corrected chi connectivity index (χ0v) is 22.4. The number of halogens is 2. The molecule has 1 saturated heterocycles. The van der Waals surface area contributed by atoms with Crippen LogP contribution >= 0.6 is 36.2 Å². The first kappa shape index (κ1) is 26.5. The molecule has 192 valence electrons. The van der Waals surface area contributed by atoms with Crippen LogP contribution in [-0.4, -0.2) is 41.3 Å². The smallest absolute Gasteiger partial charge is 0.328 e. The minimum atomic E-state index is -0.401. The zero-order chi connectivity index (χ0) is 23.4. The van der Waals surface area contributed by atoms with E-state index in [4.69, 9.17) is 9.47 Å². The van der Waals surface area contributed by atoms with Crippen molar-refractivity contribution in [2.45, 2.75) is 37.8 Å². The summed E-state index contributed by atoms with van der Waals surface area (Å²) in [6.45, 7) is 1.31. The number of H-pyrrole nitrogens is 1. The van der Waals surface area contributed by atoms with Crippen molar-refractivity contribution in [3.8, 4) is 11.6 Å². The van der Waals surface area contributed by atoms with Crippen molar-refractivity contribution in [2.75, 3.05) is 20.8 Å². The van der Waals surface area contributed by atoms with Gasteiger partial charge in [0.25, 0.3) is 5.56 Å². The number of ether oxygens (including phenoxy) is 2. The number of hydrogen-bond donors (Lipinski definition) is 2. The van der Waals surface area contributed by atoms with E-state index in [2.05, 4.69) is 27.4 Å². The molecule has 0 saturated carbocycles. The van der Waals surface area contributed by atoms with Gasteiger partial charge in [0, 0.05) is 24.6 Å². The molecular formula is C25H28Cl2N4O4S. The average Bonchev–Trinajstić information content (AvgIpc) is 3.44. The topological polar surface area (TPSA) is 98.2 Å². The molecule has 2 N–H and O–H groups in total. The Morgan fingerprint density at radius 2 is 1.97 bits per heavy atom. The predicted molar refractivity (Wildman–Crippen MR) is 147 cm³/mol. The van der Waals surface area contributed by atoms with Gasteiger partial charge in [0.05, 0.1) is 24.4 Å². The van der Waals surface area contributed by atoms with Crippen molar-refractivity contribution in [2.24, 2.45) is 5.92 Å². The maximum absolute atomic E-state index is 13.3. The Kier molecular flexibility index (Phi) is 7.66. The molecule has 1 aliphatic carbocycles. The van der Waals surface area contributed by atoms with Crippen LogP contribution in [0.3, 0.4) is 0 Å². The van der Waals surface area contributed by atoms with Gasteiger partial charge in [0.1, 0.15) is 16.0 Å². The van der Waals surface area contributed by atoms with E-state index in [0.29, 0.717) is 46.4 Å². The second kappa shape index (κ2) is 10.4. The van der Waals surface area contributed by atoms with Gasteiger partial charge >= 0.3 is 5.69 Å². The molecular weight excluding hydrogens is 523 g/mol. The van der Waals surface area contributed by atoms with Crippen LogP contribution in [0, 0.1) is 5.92 Å². The van der Waals surface area contributed by atoms with E-state index in [-0.39, 0.29) is 36.4 Å². The van der Waals surface area contributed by atoms with Crippen molar-refractivity contribution >= 4 is 56.6 Å². The van der Waals surface area contributed by atoms with Crippen molar-refractivity contribution < 1.29 is 9.47 Å². The Morgan fingerprint density at radius 1 is 1.14 bits per heavy atom. The van der Waals surface area contributed by atoms with Gasteiger partial charge in [0.2, 0.25) is 5.88 Å². The van der Waals surface area contributed by atoms with Gasteiger partial charge in [-0.3, -0.25) is 9.36 Å². The van der Waals surface area contributed by atoms with Crippen LogP contribution < -0.4 is 26.0 Å². The zero-order valence-electron chi connectivity index (χ0n) is 19.9. The summed E-state index contributed by atoms with van der Waals surface area (Å²) in [5, 5.41) is 3.67. The quantitative estimate of drug-likeness (QED) is 0.391. The monoisotopic (exact) mass is 550 g/mol. The number of aromatic amines is 1. The Labute approximate surface area is 223 Å². The number of thiophene rings is 1. The molecule has 1 fully saturated rings. The van der Waals surface area contributed by atoms with E-state index < -0.39 is 5.69 Å². The van der Waals surface area contributed by atoms with Crippen LogP contribution in [0.1, 0.15) is 29.9 Å². The van der Waals surface area contributed by atoms with Gasteiger partial charge in [0.15, 0.2) is 0 Å². The molecule has 0 spiro atoms. The molecule has 1 unspecified atom stereocenters. The molecule has 1 aliphatic heterocycles. The highest BCUT2D eigenvalue weighted by Gasteiger charge is 2.40. The maximum Gasteiger partial charge on any atom is 0.328 e. The van der Waals surface area contributed by atoms with Crippen LogP contribution in [0.2, 0.25) is 0 Å². The summed E-state index contributed by atoms with van der Waals surface area (Å²) in [4.78, 5) is 33.6. The number of nitrogens with zero attached hydrogens (tertiary/aromatic N) is 2. The lowest BCUT2D eigenvalue weighted by Crippen LogP contribution is -2.37. The molecule has 8 nitrogen and oxygen atoms in total. The fourth-order valence-electron chi connectivity index (χ4n) is 5.80. The highest BCUT2D eigenvalue weighted by atomic mass is 35.5. The second-order valence-corrected chi connectivity index (χ2v) is 10.1. The second-order valence-electron chi connectivity index (χ2n) is 9.05. The molecule has 11 heteroatoms. The van der Waals surface area contributed by atoms with Crippen molar-refractivity contribution in [3.63, 3.8) is 0 Å². The predicted octanol–water partition coefficient (Wildman–Crippen LogP) is 3.87. The minimum Gasteiger partial charge on any atom is -0.496 e. The van der Waals surface area contributed by atoms with Gasteiger partial charge in [-0.25, -0.2) is 9.78 Å². The summed E-state index contributed by atoms with van der Waals surface area (Å²) in [5.41, 5.74) is 3.05. The molecule has 36 heavy (non-hydrogen) atoms. The van der Waals surface area contributed by atoms with E-state index in [1.807, 2.05) is 12.1 Å². The summed E-state index contributed by atoms with van der Waals surface area (Å²) < 4.78 is 13.5. The molecule has 2 aliphatic rings. The van der Waals surface area contributed by atoms with Gasteiger partial charge in [-0.05, 0) is 55.0 Å². The van der Waals surface area contributed by atoms with Crippen LogP contribution in [0.25, 0.3) is 20.4 Å². The van der Waals surface area contributed by atoms with E-state index in [1.165, 1.54) is 27.0 Å². The van der Waals surface area contributed by atoms with E-state index in [0.717, 1.165) is 29.8 Å². The molecule has 4 heterocycles. The highest BCUT2D eigenvalue weighted by molar-refractivity contribution is 7.25. The van der Waals surface area contributed by atoms with Crippen molar-refractivity contribution in [3.05, 3.63) is 62.3 Å². The highest BCUT2D eigenvalue weighted by Crippen LogP contribution is 2.45. The average molecular weight is 551 g/mol. The van der Waals surface area contributed by atoms with Crippen molar-refractivity contribution in [1.82, 2.24) is 19.9 Å². The number of fused-ring (bicyclic) bond motifs is 6. The fraction of sp³-hybridized carbons (Fsp3) is 0.400. The Hall–Kier alpha value is -2.59. The van der Waals surface area contributed by atoms with Crippen LogP contribution in [0.4, 0.5) is 0 Å². The Balaban J connectivity index is 0.00000152. The number of aromatic nitrogens is 3. The van der Waals surface area contributed by atoms with E-state index in [1.54, 1.807) is 20.3 Å². The molecule has 0 bridgehead atoms. The van der Waals surface area contributed by atoms with E-state index in [9.17, 15) is 9.59 Å². The first-order chi connectivity index (χ1) is 16.6. The van der Waals surface area contributed by atoms with Crippen LogP contribution in [0.5, 0.6) is 11.6 Å². The lowest BCUT2D eigenvalue weighted by molar-refractivity contribution is 0.371. The van der Waals surface area contributed by atoms with Crippen molar-refractivity contribution in [1.29, 1.82) is 0 Å². The summed E-state index contributed by atoms with van der Waals surface area (Å²) in [5.74, 6) is 2.32. The van der Waals surface area contributed by atoms with Crippen LogP contribution in [0.15, 0.2) is 39.9 Å². The summed E-state index contributed by atoms with van der Waals surface area (Å²) in [6.07, 6.45) is 2.84. The lowest BCUT2D eigenvalue weighted by atomic mass is 9.73. The van der Waals surface area contributed by atoms with Gasteiger partial charge in [-0.2, -0.15) is 0 Å². The molecule has 3 aromatic heterocycles. The third-order valence-corrected chi connectivity index (χ3v) is 8.53. The molecule has 0 radical (unpaired) electrons. The number of methoxy groups -OCH3 is 2.